The largest absolute Gasteiger partial charge is 0.354 e. The van der Waals surface area contributed by atoms with Gasteiger partial charge in [-0.3, -0.25) is 9.69 Å². The fraction of sp³-hybridized carbons (Fsp3) is 0.667. The van der Waals surface area contributed by atoms with Crippen molar-refractivity contribution in [2.75, 3.05) is 57.3 Å². The van der Waals surface area contributed by atoms with Gasteiger partial charge in [0.05, 0.1) is 6.54 Å². The monoisotopic (exact) mass is 403 g/mol. The number of carbonyl (C=O) groups is 1. The van der Waals surface area contributed by atoms with Crippen LogP contribution in [0.4, 0.5) is 5.82 Å². The Morgan fingerprint density at radius 3 is 2.50 bits per heavy atom. The minimum absolute atomic E-state index is 0. The summed E-state index contributed by atoms with van der Waals surface area (Å²) in [4.78, 5) is 21.2. The number of anilines is 1. The van der Waals surface area contributed by atoms with Gasteiger partial charge in [-0.1, -0.05) is 13.0 Å². The second-order valence-corrected chi connectivity index (χ2v) is 7.29. The number of hydrogen-bond acceptors (Lipinski definition) is 5. The fourth-order valence-electron chi connectivity index (χ4n) is 3.45. The molecule has 0 saturated carbocycles. The predicted octanol–water partition coefficient (Wildman–Crippen LogP) is 1.55. The van der Waals surface area contributed by atoms with Crippen molar-refractivity contribution in [3.05, 3.63) is 24.4 Å². The molecule has 0 atom stereocenters. The molecule has 2 aliphatic rings. The lowest BCUT2D eigenvalue weighted by Gasteiger charge is -2.36. The lowest BCUT2D eigenvalue weighted by Crippen LogP contribution is -2.51. The Labute approximate surface area is 168 Å². The number of carbonyl (C=O) groups excluding carboxylic acids is 1. The third-order valence-corrected chi connectivity index (χ3v) is 5.24. The molecule has 148 valence electrons. The first-order valence-electron chi connectivity index (χ1n) is 9.00. The molecule has 3 heterocycles. The molecule has 1 aromatic heterocycles. The van der Waals surface area contributed by atoms with Crippen LogP contribution in [0.1, 0.15) is 19.8 Å². The number of aromatic nitrogens is 1. The highest BCUT2D eigenvalue weighted by atomic mass is 35.5. The molecule has 2 saturated heterocycles. The zero-order valence-corrected chi connectivity index (χ0v) is 17.1. The summed E-state index contributed by atoms with van der Waals surface area (Å²) in [5, 5.41) is 6.53. The average molecular weight is 404 g/mol. The number of hydrogen-bond donors (Lipinski definition) is 2. The van der Waals surface area contributed by atoms with E-state index in [-0.39, 0.29) is 36.1 Å². The molecule has 2 N–H and O–H groups in total. The Balaban J connectivity index is 0.00000169. The highest BCUT2D eigenvalue weighted by Crippen LogP contribution is 2.26. The third kappa shape index (κ3) is 6.58. The van der Waals surface area contributed by atoms with Crippen molar-refractivity contribution in [2.45, 2.75) is 19.8 Å². The van der Waals surface area contributed by atoms with Crippen molar-refractivity contribution in [2.24, 2.45) is 5.41 Å². The van der Waals surface area contributed by atoms with Gasteiger partial charge in [0.25, 0.3) is 0 Å². The Morgan fingerprint density at radius 1 is 1.19 bits per heavy atom. The van der Waals surface area contributed by atoms with Gasteiger partial charge in [0.2, 0.25) is 5.91 Å². The first-order chi connectivity index (χ1) is 11.6. The van der Waals surface area contributed by atoms with E-state index in [1.54, 1.807) is 0 Å². The molecule has 2 aliphatic heterocycles. The van der Waals surface area contributed by atoms with Gasteiger partial charge in [-0.15, -0.1) is 24.8 Å². The Bertz CT molecular complexity index is 532. The summed E-state index contributed by atoms with van der Waals surface area (Å²) >= 11 is 0. The highest BCUT2D eigenvalue weighted by molar-refractivity contribution is 5.85. The molecule has 0 radical (unpaired) electrons. The Morgan fingerprint density at radius 2 is 1.88 bits per heavy atom. The summed E-state index contributed by atoms with van der Waals surface area (Å²) in [5.41, 5.74) is 0.249. The molecule has 0 aliphatic carbocycles. The molecule has 0 spiro atoms. The molecule has 3 rings (SSSR count). The van der Waals surface area contributed by atoms with Crippen LogP contribution < -0.4 is 15.5 Å². The van der Waals surface area contributed by atoms with E-state index in [1.165, 1.54) is 0 Å². The molecule has 1 amide bonds. The smallest absolute Gasteiger partial charge is 0.234 e. The number of halogens is 2. The van der Waals surface area contributed by atoms with Crippen LogP contribution in [0.5, 0.6) is 0 Å². The second kappa shape index (κ2) is 10.9. The minimum atomic E-state index is 0. The van der Waals surface area contributed by atoms with E-state index in [2.05, 4.69) is 32.3 Å². The van der Waals surface area contributed by atoms with Gasteiger partial charge in [-0.25, -0.2) is 4.98 Å². The van der Waals surface area contributed by atoms with Gasteiger partial charge in [0, 0.05) is 38.9 Å². The molecule has 26 heavy (non-hydrogen) atoms. The molecule has 0 aromatic carbocycles. The molecular weight excluding hydrogens is 373 g/mol. The van der Waals surface area contributed by atoms with Crippen LogP contribution in [-0.4, -0.2) is 68.1 Å². The van der Waals surface area contributed by atoms with Crippen molar-refractivity contribution < 1.29 is 4.79 Å². The van der Waals surface area contributed by atoms with Crippen molar-refractivity contribution in [3.63, 3.8) is 0 Å². The van der Waals surface area contributed by atoms with Crippen LogP contribution in [0.2, 0.25) is 0 Å². The summed E-state index contributed by atoms with van der Waals surface area (Å²) in [5.74, 6) is 1.18. The number of rotatable bonds is 5. The number of nitrogens with zero attached hydrogens (tertiary/aromatic N) is 3. The van der Waals surface area contributed by atoms with E-state index in [4.69, 9.17) is 0 Å². The maximum absolute atomic E-state index is 12.3. The summed E-state index contributed by atoms with van der Waals surface area (Å²) in [6.07, 6.45) is 4.10. The first-order valence-corrected chi connectivity index (χ1v) is 9.00. The normalized spacial score (nSPS) is 19.8. The summed E-state index contributed by atoms with van der Waals surface area (Å²) in [6, 6.07) is 6.00. The molecule has 6 nitrogen and oxygen atoms in total. The van der Waals surface area contributed by atoms with E-state index in [1.807, 2.05) is 24.4 Å². The molecule has 1 aromatic rings. The van der Waals surface area contributed by atoms with Gasteiger partial charge >= 0.3 is 0 Å². The predicted molar refractivity (Wildman–Crippen MR) is 111 cm³/mol. The van der Waals surface area contributed by atoms with Gasteiger partial charge in [0.1, 0.15) is 5.82 Å². The van der Waals surface area contributed by atoms with Gasteiger partial charge in [-0.2, -0.15) is 0 Å². The number of pyridine rings is 1. The summed E-state index contributed by atoms with van der Waals surface area (Å²) in [6.45, 7) is 9.35. The van der Waals surface area contributed by atoms with E-state index in [0.29, 0.717) is 6.54 Å². The van der Waals surface area contributed by atoms with Crippen LogP contribution in [0.15, 0.2) is 24.4 Å². The SMILES string of the molecule is CC1(CNC(=O)CN2CCN(c3ccccn3)CC2)CCNCC1.Cl.Cl. The van der Waals surface area contributed by atoms with Crippen LogP contribution >= 0.6 is 24.8 Å². The van der Waals surface area contributed by atoms with Gasteiger partial charge in [-0.05, 0) is 43.5 Å². The topological polar surface area (TPSA) is 60.5 Å². The van der Waals surface area contributed by atoms with Crippen LogP contribution in [0.3, 0.4) is 0 Å². The highest BCUT2D eigenvalue weighted by Gasteiger charge is 2.27. The second-order valence-electron chi connectivity index (χ2n) is 7.29. The zero-order chi connectivity index (χ0) is 16.8. The third-order valence-electron chi connectivity index (χ3n) is 5.24. The van der Waals surface area contributed by atoms with Crippen molar-refractivity contribution in [3.8, 4) is 0 Å². The minimum Gasteiger partial charge on any atom is -0.354 e. The van der Waals surface area contributed by atoms with Crippen molar-refractivity contribution in [1.82, 2.24) is 20.5 Å². The molecule has 0 bridgehead atoms. The van der Waals surface area contributed by atoms with E-state index >= 15 is 0 Å². The van der Waals surface area contributed by atoms with Crippen molar-refractivity contribution in [1.29, 1.82) is 0 Å². The number of piperazine rings is 1. The van der Waals surface area contributed by atoms with E-state index in [0.717, 1.165) is 64.5 Å². The quantitative estimate of drug-likeness (QED) is 0.780. The van der Waals surface area contributed by atoms with E-state index in [9.17, 15) is 4.79 Å². The van der Waals surface area contributed by atoms with E-state index < -0.39 is 0 Å². The lowest BCUT2D eigenvalue weighted by molar-refractivity contribution is -0.122. The molecule has 8 heteroatoms. The van der Waals surface area contributed by atoms with Crippen LogP contribution in [0.25, 0.3) is 0 Å². The zero-order valence-electron chi connectivity index (χ0n) is 15.4. The maximum atomic E-state index is 12.3. The molecule has 0 unspecified atom stereocenters. The Hall–Kier alpha value is -1.08. The molecular formula is C18H31Cl2N5O. The summed E-state index contributed by atoms with van der Waals surface area (Å²) < 4.78 is 0. The average Bonchev–Trinajstić information content (AvgIpc) is 2.62. The standard InChI is InChI=1S/C18H29N5O.2ClH/c1-18(5-8-19-9-6-18)15-21-17(24)14-22-10-12-23(13-11-22)16-4-2-3-7-20-16;;/h2-4,7,19H,5-6,8-15H2,1H3,(H,21,24);2*1H. The molecule has 2 fully saturated rings. The number of piperidine rings is 1. The van der Waals surface area contributed by atoms with Crippen LogP contribution in [0, 0.1) is 5.41 Å². The van der Waals surface area contributed by atoms with Gasteiger partial charge < -0.3 is 15.5 Å². The summed E-state index contributed by atoms with van der Waals surface area (Å²) in [7, 11) is 0. The lowest BCUT2D eigenvalue weighted by atomic mass is 9.81. The first kappa shape index (κ1) is 23.0. The Kier molecular flexibility index (Phi) is 9.64. The number of amides is 1. The fourth-order valence-corrected chi connectivity index (χ4v) is 3.45. The van der Waals surface area contributed by atoms with Gasteiger partial charge in [0.15, 0.2) is 0 Å². The van der Waals surface area contributed by atoms with Crippen molar-refractivity contribution >= 4 is 36.5 Å². The maximum Gasteiger partial charge on any atom is 0.234 e. The van der Waals surface area contributed by atoms with Crippen LogP contribution in [-0.2, 0) is 4.79 Å². The number of nitrogens with one attached hydrogen (secondary N) is 2.